The van der Waals surface area contributed by atoms with Gasteiger partial charge in [0, 0.05) is 32.2 Å². The minimum Gasteiger partial charge on any atom is -0.381 e. The third-order valence-corrected chi connectivity index (χ3v) is 5.00. The van der Waals surface area contributed by atoms with Crippen LogP contribution in [0.1, 0.15) is 38.5 Å². The van der Waals surface area contributed by atoms with Crippen molar-refractivity contribution >= 4 is 5.78 Å². The molecular weight excluding hydrogens is 242 g/mol. The number of ketones is 1. The van der Waals surface area contributed by atoms with Gasteiger partial charge < -0.3 is 14.8 Å². The van der Waals surface area contributed by atoms with Crippen LogP contribution in [0.25, 0.3) is 0 Å². The van der Waals surface area contributed by atoms with E-state index in [0.29, 0.717) is 11.7 Å². The predicted octanol–water partition coefficient (Wildman–Crippen LogP) is 1.53. The maximum absolute atomic E-state index is 12.5. The van der Waals surface area contributed by atoms with Gasteiger partial charge in [0.05, 0.1) is 5.60 Å². The molecule has 3 aliphatic heterocycles. The maximum Gasteiger partial charge on any atom is 0.136 e. The Morgan fingerprint density at radius 3 is 2.79 bits per heavy atom. The molecule has 2 atom stereocenters. The van der Waals surface area contributed by atoms with E-state index < -0.39 is 0 Å². The first-order chi connectivity index (χ1) is 9.27. The van der Waals surface area contributed by atoms with Crippen LogP contribution < -0.4 is 5.32 Å². The van der Waals surface area contributed by atoms with Crippen molar-refractivity contribution in [2.24, 2.45) is 11.8 Å². The van der Waals surface area contributed by atoms with E-state index in [-0.39, 0.29) is 11.5 Å². The second kappa shape index (κ2) is 5.90. The molecule has 3 aliphatic rings. The van der Waals surface area contributed by atoms with Gasteiger partial charge in [0.15, 0.2) is 0 Å². The summed E-state index contributed by atoms with van der Waals surface area (Å²) in [7, 11) is 0. The normalized spacial score (nSPS) is 34.5. The second-order valence-corrected chi connectivity index (χ2v) is 6.36. The summed E-state index contributed by atoms with van der Waals surface area (Å²) in [6.45, 7) is 4.42. The van der Waals surface area contributed by atoms with Crippen LogP contribution in [0.5, 0.6) is 0 Å². The second-order valence-electron chi connectivity index (χ2n) is 6.36. The quantitative estimate of drug-likeness (QED) is 0.842. The fraction of sp³-hybridized carbons (Fsp3) is 0.933. The molecule has 0 aliphatic carbocycles. The van der Waals surface area contributed by atoms with Crippen LogP contribution in [0.4, 0.5) is 0 Å². The summed E-state index contributed by atoms with van der Waals surface area (Å²) in [5.41, 5.74) is -0.0508. The van der Waals surface area contributed by atoms with Gasteiger partial charge in [-0.15, -0.1) is 0 Å². The molecule has 0 bridgehead atoms. The highest BCUT2D eigenvalue weighted by molar-refractivity contribution is 5.81. The van der Waals surface area contributed by atoms with Crippen LogP contribution in [-0.2, 0) is 14.3 Å². The van der Waals surface area contributed by atoms with Gasteiger partial charge in [-0.25, -0.2) is 0 Å². The average molecular weight is 267 g/mol. The smallest absolute Gasteiger partial charge is 0.136 e. The van der Waals surface area contributed by atoms with Gasteiger partial charge in [-0.1, -0.05) is 0 Å². The van der Waals surface area contributed by atoms with Gasteiger partial charge in [0.1, 0.15) is 5.78 Å². The molecule has 2 unspecified atom stereocenters. The van der Waals surface area contributed by atoms with E-state index >= 15 is 0 Å². The highest BCUT2D eigenvalue weighted by atomic mass is 16.5. The number of ether oxygens (including phenoxy) is 2. The van der Waals surface area contributed by atoms with Crippen molar-refractivity contribution in [2.75, 3.05) is 32.9 Å². The Labute approximate surface area is 115 Å². The number of hydrogen-bond donors (Lipinski definition) is 1. The lowest BCUT2D eigenvalue weighted by molar-refractivity contribution is -0.157. The van der Waals surface area contributed by atoms with Crippen molar-refractivity contribution < 1.29 is 14.3 Å². The molecule has 3 rings (SSSR count). The Kier molecular flexibility index (Phi) is 4.20. The summed E-state index contributed by atoms with van der Waals surface area (Å²) >= 11 is 0. The zero-order valence-corrected chi connectivity index (χ0v) is 11.7. The number of carbonyl (C=O) groups excluding carboxylic acids is 1. The molecule has 0 aromatic carbocycles. The predicted molar refractivity (Wildman–Crippen MR) is 72.1 cm³/mol. The summed E-state index contributed by atoms with van der Waals surface area (Å²) in [5.74, 6) is 1.27. The number of hydrogen-bond acceptors (Lipinski definition) is 4. The van der Waals surface area contributed by atoms with Crippen molar-refractivity contribution in [1.29, 1.82) is 0 Å². The molecule has 19 heavy (non-hydrogen) atoms. The number of rotatable bonds is 3. The molecule has 4 nitrogen and oxygen atoms in total. The van der Waals surface area contributed by atoms with Gasteiger partial charge in [0.2, 0.25) is 0 Å². The van der Waals surface area contributed by atoms with Crippen molar-refractivity contribution in [3.8, 4) is 0 Å². The summed E-state index contributed by atoms with van der Waals surface area (Å²) in [5, 5.41) is 3.34. The van der Waals surface area contributed by atoms with Crippen molar-refractivity contribution in [3.05, 3.63) is 0 Å². The van der Waals surface area contributed by atoms with E-state index in [4.69, 9.17) is 9.47 Å². The lowest BCUT2D eigenvalue weighted by Gasteiger charge is -2.43. The first-order valence-electron chi connectivity index (χ1n) is 7.73. The molecule has 0 aromatic rings. The summed E-state index contributed by atoms with van der Waals surface area (Å²) in [4.78, 5) is 12.5. The first-order valence-corrected chi connectivity index (χ1v) is 7.73. The Morgan fingerprint density at radius 2 is 2.05 bits per heavy atom. The van der Waals surface area contributed by atoms with Crippen LogP contribution >= 0.6 is 0 Å². The standard InChI is InChI=1S/C15H25NO3/c17-14(9-12-1-5-16-11-12)13-2-6-19-15(10-13)3-7-18-8-4-15/h12-13,16H,1-11H2. The molecule has 108 valence electrons. The molecule has 1 N–H and O–H groups in total. The summed E-state index contributed by atoms with van der Waals surface area (Å²) in [6, 6.07) is 0. The molecule has 1 spiro atoms. The van der Waals surface area contributed by atoms with Gasteiger partial charge in [-0.3, -0.25) is 4.79 Å². The largest absolute Gasteiger partial charge is 0.381 e. The average Bonchev–Trinajstić information content (AvgIpc) is 2.92. The third kappa shape index (κ3) is 3.18. The Hall–Kier alpha value is -0.450. The fourth-order valence-electron chi connectivity index (χ4n) is 3.73. The molecule has 0 aromatic heterocycles. The van der Waals surface area contributed by atoms with Crippen LogP contribution in [0.3, 0.4) is 0 Å². The Morgan fingerprint density at radius 1 is 1.21 bits per heavy atom. The van der Waals surface area contributed by atoms with E-state index in [1.807, 2.05) is 0 Å². The minimum atomic E-state index is -0.0508. The molecule has 0 radical (unpaired) electrons. The number of carbonyl (C=O) groups is 1. The zero-order valence-electron chi connectivity index (χ0n) is 11.7. The lowest BCUT2D eigenvalue weighted by atomic mass is 9.77. The van der Waals surface area contributed by atoms with Crippen LogP contribution in [-0.4, -0.2) is 44.3 Å². The Balaban J connectivity index is 1.56. The molecule has 0 saturated carbocycles. The molecule has 0 amide bonds. The number of Topliss-reactive ketones (excluding diaryl/α,β-unsaturated/α-hetero) is 1. The van der Waals surface area contributed by atoms with E-state index in [1.54, 1.807) is 0 Å². The van der Waals surface area contributed by atoms with Crippen LogP contribution in [0.15, 0.2) is 0 Å². The van der Waals surface area contributed by atoms with Gasteiger partial charge in [0.25, 0.3) is 0 Å². The zero-order chi connectivity index (χ0) is 13.1. The maximum atomic E-state index is 12.5. The highest BCUT2D eigenvalue weighted by Gasteiger charge is 2.41. The van der Waals surface area contributed by atoms with Gasteiger partial charge in [-0.05, 0) is 51.1 Å². The monoisotopic (exact) mass is 267 g/mol. The van der Waals surface area contributed by atoms with Crippen LogP contribution in [0, 0.1) is 11.8 Å². The van der Waals surface area contributed by atoms with Gasteiger partial charge in [-0.2, -0.15) is 0 Å². The first kappa shape index (κ1) is 13.5. The van der Waals surface area contributed by atoms with Crippen molar-refractivity contribution in [1.82, 2.24) is 5.32 Å². The van der Waals surface area contributed by atoms with E-state index in [9.17, 15) is 4.79 Å². The third-order valence-electron chi connectivity index (χ3n) is 5.00. The van der Waals surface area contributed by atoms with Crippen molar-refractivity contribution in [3.63, 3.8) is 0 Å². The van der Waals surface area contributed by atoms with E-state index in [1.165, 1.54) is 0 Å². The summed E-state index contributed by atoms with van der Waals surface area (Å²) in [6.07, 6.45) is 5.69. The highest BCUT2D eigenvalue weighted by Crippen LogP contribution is 2.38. The fourth-order valence-corrected chi connectivity index (χ4v) is 3.73. The SMILES string of the molecule is O=C(CC1CCNC1)C1CCOC2(CCOCC2)C1. The van der Waals surface area contributed by atoms with Crippen LogP contribution in [0.2, 0.25) is 0 Å². The number of nitrogens with one attached hydrogen (secondary N) is 1. The Bertz CT molecular complexity index is 314. The molecule has 3 heterocycles. The van der Waals surface area contributed by atoms with Gasteiger partial charge >= 0.3 is 0 Å². The lowest BCUT2D eigenvalue weighted by Crippen LogP contribution is -2.46. The summed E-state index contributed by atoms with van der Waals surface area (Å²) < 4.78 is 11.4. The molecule has 3 saturated heterocycles. The molecule has 3 fully saturated rings. The molecular formula is C15H25NO3. The van der Waals surface area contributed by atoms with Crippen molar-refractivity contribution in [2.45, 2.75) is 44.1 Å². The molecule has 4 heteroatoms. The van der Waals surface area contributed by atoms with E-state index in [2.05, 4.69) is 5.32 Å². The van der Waals surface area contributed by atoms with E-state index in [0.717, 1.165) is 71.4 Å². The minimum absolute atomic E-state index is 0.0508. The topological polar surface area (TPSA) is 47.6 Å².